The van der Waals surface area contributed by atoms with Crippen molar-refractivity contribution in [3.8, 4) is 5.75 Å². The molecule has 0 amide bonds. The number of benzene rings is 2. The summed E-state index contributed by atoms with van der Waals surface area (Å²) >= 11 is 7.29. The minimum atomic E-state index is -0.179. The number of hydrogen-bond acceptors (Lipinski definition) is 6. The van der Waals surface area contributed by atoms with Gasteiger partial charge in [0.1, 0.15) is 5.75 Å². The Labute approximate surface area is 171 Å². The van der Waals surface area contributed by atoms with E-state index in [-0.39, 0.29) is 23.7 Å². The predicted octanol–water partition coefficient (Wildman–Crippen LogP) is 3.42. The van der Waals surface area contributed by atoms with Crippen LogP contribution in [0.4, 0.5) is 0 Å². The summed E-state index contributed by atoms with van der Waals surface area (Å²) in [6.45, 7) is 0.296. The summed E-state index contributed by atoms with van der Waals surface area (Å²) in [6.07, 6.45) is 0.426. The topological polar surface area (TPSA) is 81.4 Å². The highest BCUT2D eigenvalue weighted by atomic mass is 35.5. The maximum Gasteiger partial charge on any atom is 0.262 e. The van der Waals surface area contributed by atoms with E-state index in [0.717, 1.165) is 0 Å². The Morgan fingerprint density at radius 1 is 1.29 bits per heavy atom. The first-order chi connectivity index (χ1) is 13.5. The molecule has 6 nitrogen and oxygen atoms in total. The van der Waals surface area contributed by atoms with Gasteiger partial charge in [-0.05, 0) is 36.8 Å². The molecule has 0 radical (unpaired) electrons. The number of methoxy groups -OCH3 is 1. The van der Waals surface area contributed by atoms with Gasteiger partial charge in [0.05, 0.1) is 28.8 Å². The molecule has 146 valence electrons. The van der Waals surface area contributed by atoms with Crippen LogP contribution in [-0.2, 0) is 6.54 Å². The van der Waals surface area contributed by atoms with E-state index in [0.29, 0.717) is 45.4 Å². The van der Waals surface area contributed by atoms with Gasteiger partial charge in [-0.2, -0.15) is 0 Å². The Balaban J connectivity index is 1.87. The predicted molar refractivity (Wildman–Crippen MR) is 111 cm³/mol. The zero-order chi connectivity index (χ0) is 20.1. The van der Waals surface area contributed by atoms with E-state index in [1.54, 1.807) is 36.4 Å². The summed E-state index contributed by atoms with van der Waals surface area (Å²) in [6, 6.07) is 11.9. The summed E-state index contributed by atoms with van der Waals surface area (Å²) in [5, 5.41) is 10.5. The number of aromatic nitrogens is 2. The van der Waals surface area contributed by atoms with Crippen LogP contribution in [0.2, 0.25) is 5.02 Å². The number of aliphatic hydroxyl groups is 1. The third-order valence-corrected chi connectivity index (χ3v) is 5.44. The number of rotatable bonds is 8. The fourth-order valence-corrected chi connectivity index (χ4v) is 3.91. The molecule has 1 N–H and O–H groups in total. The van der Waals surface area contributed by atoms with Gasteiger partial charge in [-0.3, -0.25) is 14.2 Å². The van der Waals surface area contributed by atoms with Gasteiger partial charge in [0.2, 0.25) is 0 Å². The third kappa shape index (κ3) is 4.38. The van der Waals surface area contributed by atoms with Gasteiger partial charge in [0.15, 0.2) is 10.9 Å². The Morgan fingerprint density at radius 3 is 2.79 bits per heavy atom. The van der Waals surface area contributed by atoms with Crippen LogP contribution < -0.4 is 10.3 Å². The molecule has 3 aromatic rings. The largest absolute Gasteiger partial charge is 0.495 e. The van der Waals surface area contributed by atoms with Crippen LogP contribution in [0.3, 0.4) is 0 Å². The van der Waals surface area contributed by atoms with Crippen LogP contribution in [0.1, 0.15) is 16.8 Å². The van der Waals surface area contributed by atoms with Crippen molar-refractivity contribution in [1.82, 2.24) is 9.55 Å². The van der Waals surface area contributed by atoms with E-state index in [1.807, 2.05) is 6.07 Å². The molecule has 0 aliphatic rings. The van der Waals surface area contributed by atoms with Gasteiger partial charge in [0, 0.05) is 18.7 Å². The standard InChI is InChI=1S/C20H19ClN2O4S/c1-27-18-8-7-13(11-15(18)21)17(25)12-28-20-22-16-6-3-2-5-14(16)19(26)23(20)9-4-10-24/h2-3,5-8,11,24H,4,9-10,12H2,1H3. The van der Waals surface area contributed by atoms with E-state index in [2.05, 4.69) is 4.98 Å². The van der Waals surface area contributed by atoms with Crippen molar-refractivity contribution in [3.05, 3.63) is 63.4 Å². The number of Topliss-reactive ketones (excluding diaryl/α,β-unsaturated/α-hetero) is 1. The number of nitrogens with zero attached hydrogens (tertiary/aromatic N) is 2. The molecule has 0 bridgehead atoms. The monoisotopic (exact) mass is 418 g/mol. The first-order valence-corrected chi connectivity index (χ1v) is 10.0. The Hall–Kier alpha value is -2.35. The molecular formula is C20H19ClN2O4S. The highest BCUT2D eigenvalue weighted by Crippen LogP contribution is 2.26. The van der Waals surface area contributed by atoms with Crippen LogP contribution in [0.5, 0.6) is 5.75 Å². The van der Waals surface area contributed by atoms with E-state index < -0.39 is 0 Å². The lowest BCUT2D eigenvalue weighted by Crippen LogP contribution is -2.24. The van der Waals surface area contributed by atoms with Gasteiger partial charge < -0.3 is 9.84 Å². The molecule has 0 aliphatic carbocycles. The first-order valence-electron chi connectivity index (χ1n) is 8.65. The van der Waals surface area contributed by atoms with E-state index in [4.69, 9.17) is 21.4 Å². The SMILES string of the molecule is COc1ccc(C(=O)CSc2nc3ccccc3c(=O)n2CCCO)cc1Cl. The summed E-state index contributed by atoms with van der Waals surface area (Å²) in [5.74, 6) is 0.470. The number of aliphatic hydroxyl groups excluding tert-OH is 1. The average Bonchev–Trinajstić information content (AvgIpc) is 2.71. The summed E-state index contributed by atoms with van der Waals surface area (Å²) in [5.41, 5.74) is 0.861. The number of ketones is 1. The van der Waals surface area contributed by atoms with Crippen LogP contribution in [0.15, 0.2) is 52.4 Å². The van der Waals surface area contributed by atoms with Crippen molar-refractivity contribution in [2.45, 2.75) is 18.1 Å². The normalized spacial score (nSPS) is 11.0. The number of ether oxygens (including phenoxy) is 1. The lowest BCUT2D eigenvalue weighted by molar-refractivity contribution is 0.102. The minimum absolute atomic E-state index is 0.0351. The smallest absolute Gasteiger partial charge is 0.262 e. The number of halogens is 1. The molecule has 2 aromatic carbocycles. The van der Waals surface area contributed by atoms with Crippen molar-refractivity contribution in [2.24, 2.45) is 0 Å². The average molecular weight is 419 g/mol. The fourth-order valence-electron chi connectivity index (χ4n) is 2.74. The molecule has 0 fully saturated rings. The number of para-hydroxylation sites is 1. The first kappa shape index (κ1) is 20.4. The van der Waals surface area contributed by atoms with Crippen molar-refractivity contribution in [3.63, 3.8) is 0 Å². The third-order valence-electron chi connectivity index (χ3n) is 4.17. The molecule has 0 spiro atoms. The Kier molecular flexibility index (Phi) is 6.72. The van der Waals surface area contributed by atoms with Crippen molar-refractivity contribution in [2.75, 3.05) is 19.5 Å². The minimum Gasteiger partial charge on any atom is -0.495 e. The zero-order valence-corrected chi connectivity index (χ0v) is 16.8. The van der Waals surface area contributed by atoms with Crippen molar-refractivity contribution >= 4 is 40.0 Å². The molecule has 28 heavy (non-hydrogen) atoms. The van der Waals surface area contributed by atoms with Crippen LogP contribution in [-0.4, -0.2) is 39.9 Å². The lowest BCUT2D eigenvalue weighted by atomic mass is 10.1. The molecule has 0 unspecified atom stereocenters. The summed E-state index contributed by atoms with van der Waals surface area (Å²) in [7, 11) is 1.51. The fraction of sp³-hybridized carbons (Fsp3) is 0.250. The quantitative estimate of drug-likeness (QED) is 0.343. The molecule has 3 rings (SSSR count). The van der Waals surface area contributed by atoms with E-state index >= 15 is 0 Å². The number of carbonyl (C=O) groups is 1. The maximum atomic E-state index is 12.8. The second-order valence-electron chi connectivity index (χ2n) is 6.01. The summed E-state index contributed by atoms with van der Waals surface area (Å²) < 4.78 is 6.61. The van der Waals surface area contributed by atoms with Crippen molar-refractivity contribution < 1.29 is 14.6 Å². The molecule has 1 aromatic heterocycles. The molecule has 0 saturated heterocycles. The van der Waals surface area contributed by atoms with Gasteiger partial charge >= 0.3 is 0 Å². The second-order valence-corrected chi connectivity index (χ2v) is 7.36. The highest BCUT2D eigenvalue weighted by Gasteiger charge is 2.15. The number of carbonyl (C=O) groups excluding carboxylic acids is 1. The second kappa shape index (κ2) is 9.23. The van der Waals surface area contributed by atoms with Gasteiger partial charge in [-0.1, -0.05) is 35.5 Å². The number of hydrogen-bond donors (Lipinski definition) is 1. The molecule has 0 aliphatic heterocycles. The van der Waals surface area contributed by atoms with Crippen LogP contribution >= 0.6 is 23.4 Å². The van der Waals surface area contributed by atoms with Gasteiger partial charge in [0.25, 0.3) is 5.56 Å². The maximum absolute atomic E-state index is 12.8. The molecule has 0 atom stereocenters. The zero-order valence-electron chi connectivity index (χ0n) is 15.2. The van der Waals surface area contributed by atoms with E-state index in [1.165, 1.54) is 23.4 Å². The molecule has 8 heteroatoms. The van der Waals surface area contributed by atoms with Gasteiger partial charge in [-0.25, -0.2) is 4.98 Å². The van der Waals surface area contributed by atoms with Gasteiger partial charge in [-0.15, -0.1) is 0 Å². The van der Waals surface area contributed by atoms with Crippen LogP contribution in [0, 0.1) is 0 Å². The van der Waals surface area contributed by atoms with Crippen molar-refractivity contribution in [1.29, 1.82) is 0 Å². The number of fused-ring (bicyclic) bond motifs is 1. The highest BCUT2D eigenvalue weighted by molar-refractivity contribution is 7.99. The lowest BCUT2D eigenvalue weighted by Gasteiger charge is -2.12. The number of thioether (sulfide) groups is 1. The molecular weight excluding hydrogens is 400 g/mol. The van der Waals surface area contributed by atoms with Crippen LogP contribution in [0.25, 0.3) is 10.9 Å². The summed E-state index contributed by atoms with van der Waals surface area (Å²) in [4.78, 5) is 29.9. The molecule has 1 heterocycles. The Morgan fingerprint density at radius 2 is 2.07 bits per heavy atom. The molecule has 0 saturated carbocycles. The van der Waals surface area contributed by atoms with E-state index in [9.17, 15) is 9.59 Å². The Bertz CT molecular complexity index is 1070.